The molecule has 0 radical (unpaired) electrons. The van der Waals surface area contributed by atoms with Gasteiger partial charge in [-0.3, -0.25) is 4.90 Å². The molecule has 2 aromatic carbocycles. The molecule has 0 saturated carbocycles. The Morgan fingerprint density at radius 1 is 1.00 bits per heavy atom. The second-order valence-electron chi connectivity index (χ2n) is 6.54. The summed E-state index contributed by atoms with van der Waals surface area (Å²) in [7, 11) is 0. The number of ether oxygens (including phenoxy) is 1. The molecule has 5 nitrogen and oxygen atoms in total. The van der Waals surface area contributed by atoms with E-state index in [-0.39, 0.29) is 6.03 Å². The maximum Gasteiger partial charge on any atom is 0.315 e. The van der Waals surface area contributed by atoms with Gasteiger partial charge in [-0.2, -0.15) is 0 Å². The van der Waals surface area contributed by atoms with Crippen molar-refractivity contribution in [2.24, 2.45) is 0 Å². The number of morpholine rings is 1. The van der Waals surface area contributed by atoms with Crippen LogP contribution in [0.5, 0.6) is 0 Å². The molecule has 0 aromatic heterocycles. The third-order valence-corrected chi connectivity index (χ3v) is 5.41. The highest BCUT2D eigenvalue weighted by atomic mass is 32.2. The lowest BCUT2D eigenvalue weighted by Gasteiger charge is -2.27. The molecule has 6 heteroatoms. The Bertz CT molecular complexity index is 730. The summed E-state index contributed by atoms with van der Waals surface area (Å²) >= 11 is 1.71. The minimum Gasteiger partial charge on any atom is -0.379 e. The first-order valence-corrected chi connectivity index (χ1v) is 10.5. The number of amides is 2. The zero-order valence-electron chi connectivity index (χ0n) is 15.7. The van der Waals surface area contributed by atoms with Gasteiger partial charge in [-0.1, -0.05) is 36.4 Å². The summed E-state index contributed by atoms with van der Waals surface area (Å²) in [6.45, 7) is 5.44. The van der Waals surface area contributed by atoms with E-state index < -0.39 is 0 Å². The molecule has 144 valence electrons. The van der Waals surface area contributed by atoms with Crippen LogP contribution in [0.4, 0.5) is 4.79 Å². The van der Waals surface area contributed by atoms with Gasteiger partial charge in [0.1, 0.15) is 0 Å². The van der Waals surface area contributed by atoms with E-state index in [0.29, 0.717) is 13.1 Å². The third kappa shape index (κ3) is 6.27. The van der Waals surface area contributed by atoms with Gasteiger partial charge < -0.3 is 15.4 Å². The van der Waals surface area contributed by atoms with Gasteiger partial charge in [-0.25, -0.2) is 4.79 Å². The third-order valence-electron chi connectivity index (χ3n) is 4.67. The van der Waals surface area contributed by atoms with E-state index in [4.69, 9.17) is 4.74 Å². The maximum absolute atomic E-state index is 12.2. The Labute approximate surface area is 165 Å². The maximum atomic E-state index is 12.2. The zero-order valence-corrected chi connectivity index (χ0v) is 16.6. The van der Waals surface area contributed by atoms with Crippen LogP contribution in [0.25, 0.3) is 0 Å². The average molecular weight is 386 g/mol. The van der Waals surface area contributed by atoms with Crippen LogP contribution in [0, 0.1) is 0 Å². The number of nitrogens with zero attached hydrogens (tertiary/aromatic N) is 1. The first-order chi connectivity index (χ1) is 13.2. The van der Waals surface area contributed by atoms with Crippen molar-refractivity contribution in [1.29, 1.82) is 0 Å². The fourth-order valence-corrected chi connectivity index (χ4v) is 3.46. The molecule has 1 heterocycles. The summed E-state index contributed by atoms with van der Waals surface area (Å²) in [5.74, 6) is 0. The van der Waals surface area contributed by atoms with E-state index in [1.807, 2.05) is 18.2 Å². The predicted molar refractivity (Wildman–Crippen MR) is 110 cm³/mol. The van der Waals surface area contributed by atoms with Gasteiger partial charge in [0.15, 0.2) is 0 Å². The molecule has 3 rings (SSSR count). The van der Waals surface area contributed by atoms with Crippen molar-refractivity contribution in [1.82, 2.24) is 15.5 Å². The summed E-state index contributed by atoms with van der Waals surface area (Å²) in [4.78, 5) is 15.8. The number of carbonyl (C=O) groups is 1. The topological polar surface area (TPSA) is 53.6 Å². The standard InChI is InChI=1S/C21H27N3O2S/c1-27-20-8-6-17(7-9-20)14-22-21(25)23-15-18-4-2-3-5-19(18)16-24-10-12-26-13-11-24/h2-9H,10-16H2,1H3,(H2,22,23,25). The molecule has 2 aromatic rings. The van der Waals surface area contributed by atoms with Crippen molar-refractivity contribution < 1.29 is 9.53 Å². The Morgan fingerprint density at radius 2 is 1.67 bits per heavy atom. The highest BCUT2D eigenvalue weighted by Crippen LogP contribution is 2.15. The lowest BCUT2D eigenvalue weighted by atomic mass is 10.1. The number of hydrogen-bond donors (Lipinski definition) is 2. The largest absolute Gasteiger partial charge is 0.379 e. The number of carbonyl (C=O) groups excluding carboxylic acids is 1. The molecule has 27 heavy (non-hydrogen) atoms. The van der Waals surface area contributed by atoms with Crippen molar-refractivity contribution in [3.05, 3.63) is 65.2 Å². The van der Waals surface area contributed by atoms with Crippen LogP contribution in [-0.2, 0) is 24.4 Å². The molecule has 1 fully saturated rings. The highest BCUT2D eigenvalue weighted by molar-refractivity contribution is 7.98. The predicted octanol–water partition coefficient (Wildman–Crippen LogP) is 3.24. The van der Waals surface area contributed by atoms with Crippen molar-refractivity contribution in [3.8, 4) is 0 Å². The van der Waals surface area contributed by atoms with E-state index in [0.717, 1.165) is 44.0 Å². The first kappa shape index (κ1) is 19.7. The minimum absolute atomic E-state index is 0.148. The minimum atomic E-state index is -0.148. The van der Waals surface area contributed by atoms with Gasteiger partial charge in [-0.15, -0.1) is 11.8 Å². The average Bonchev–Trinajstić information content (AvgIpc) is 2.73. The summed E-state index contributed by atoms with van der Waals surface area (Å²) in [6, 6.07) is 16.4. The van der Waals surface area contributed by atoms with Crippen molar-refractivity contribution >= 4 is 17.8 Å². The fraction of sp³-hybridized carbons (Fsp3) is 0.381. The SMILES string of the molecule is CSc1ccc(CNC(=O)NCc2ccccc2CN2CCOCC2)cc1. The van der Waals surface area contributed by atoms with Crippen LogP contribution in [0.15, 0.2) is 53.4 Å². The Kier molecular flexibility index (Phi) is 7.56. The lowest BCUT2D eigenvalue weighted by Crippen LogP contribution is -2.37. The van der Waals surface area contributed by atoms with Crippen molar-refractivity contribution in [2.45, 2.75) is 24.5 Å². The second kappa shape index (κ2) is 10.3. The van der Waals surface area contributed by atoms with Crippen LogP contribution in [0.3, 0.4) is 0 Å². The number of thioether (sulfide) groups is 1. The summed E-state index contributed by atoms with van der Waals surface area (Å²) < 4.78 is 5.41. The van der Waals surface area contributed by atoms with E-state index >= 15 is 0 Å². The van der Waals surface area contributed by atoms with E-state index in [2.05, 4.69) is 52.1 Å². The van der Waals surface area contributed by atoms with Crippen molar-refractivity contribution in [3.63, 3.8) is 0 Å². The van der Waals surface area contributed by atoms with Gasteiger partial charge in [-0.05, 0) is 35.1 Å². The van der Waals surface area contributed by atoms with E-state index in [1.165, 1.54) is 10.5 Å². The van der Waals surface area contributed by atoms with Gasteiger partial charge >= 0.3 is 6.03 Å². The fourth-order valence-electron chi connectivity index (χ4n) is 3.05. The molecule has 1 saturated heterocycles. The van der Waals surface area contributed by atoms with E-state index in [9.17, 15) is 4.79 Å². The summed E-state index contributed by atoms with van der Waals surface area (Å²) in [5, 5.41) is 5.90. The smallest absolute Gasteiger partial charge is 0.315 e. The molecule has 0 aliphatic carbocycles. The van der Waals surface area contributed by atoms with Gasteiger partial charge in [0, 0.05) is 37.6 Å². The quantitative estimate of drug-likeness (QED) is 0.719. The van der Waals surface area contributed by atoms with Gasteiger partial charge in [0.05, 0.1) is 13.2 Å². The normalized spacial score (nSPS) is 14.7. The van der Waals surface area contributed by atoms with Gasteiger partial charge in [0.2, 0.25) is 0 Å². The Balaban J connectivity index is 1.47. The Morgan fingerprint density at radius 3 is 2.37 bits per heavy atom. The summed E-state index contributed by atoms with van der Waals surface area (Å²) in [5.41, 5.74) is 3.51. The Hall–Kier alpha value is -2.02. The number of nitrogens with one attached hydrogen (secondary N) is 2. The number of urea groups is 1. The zero-order chi connectivity index (χ0) is 18.9. The van der Waals surface area contributed by atoms with Crippen molar-refractivity contribution in [2.75, 3.05) is 32.6 Å². The molecule has 1 aliphatic rings. The molecule has 0 bridgehead atoms. The number of benzene rings is 2. The highest BCUT2D eigenvalue weighted by Gasteiger charge is 2.13. The van der Waals surface area contributed by atoms with Crippen LogP contribution in [0.2, 0.25) is 0 Å². The molecule has 0 unspecified atom stereocenters. The van der Waals surface area contributed by atoms with Crippen LogP contribution in [-0.4, -0.2) is 43.5 Å². The molecule has 0 atom stereocenters. The van der Waals surface area contributed by atoms with Crippen LogP contribution < -0.4 is 10.6 Å². The van der Waals surface area contributed by atoms with Gasteiger partial charge in [0.25, 0.3) is 0 Å². The second-order valence-corrected chi connectivity index (χ2v) is 7.42. The molecular weight excluding hydrogens is 358 g/mol. The summed E-state index contributed by atoms with van der Waals surface area (Å²) in [6.07, 6.45) is 2.05. The first-order valence-electron chi connectivity index (χ1n) is 9.26. The molecule has 2 amide bonds. The number of rotatable bonds is 7. The molecule has 0 spiro atoms. The number of hydrogen-bond acceptors (Lipinski definition) is 4. The molecule has 1 aliphatic heterocycles. The van der Waals surface area contributed by atoms with Crippen LogP contribution >= 0.6 is 11.8 Å². The van der Waals surface area contributed by atoms with E-state index in [1.54, 1.807) is 11.8 Å². The lowest BCUT2D eigenvalue weighted by molar-refractivity contribution is 0.0341. The monoisotopic (exact) mass is 385 g/mol. The molecule has 2 N–H and O–H groups in total. The van der Waals surface area contributed by atoms with Crippen LogP contribution in [0.1, 0.15) is 16.7 Å². The molecular formula is C21H27N3O2S.